The van der Waals surface area contributed by atoms with Gasteiger partial charge in [-0.3, -0.25) is 4.79 Å². The predicted octanol–water partition coefficient (Wildman–Crippen LogP) is 4.91. The van der Waals surface area contributed by atoms with Gasteiger partial charge in [-0.15, -0.1) is 0 Å². The molecule has 2 aliphatic rings. The van der Waals surface area contributed by atoms with Crippen molar-refractivity contribution in [3.63, 3.8) is 0 Å². The van der Waals surface area contributed by atoms with Gasteiger partial charge in [0.1, 0.15) is 0 Å². The molecule has 0 spiro atoms. The smallest absolute Gasteiger partial charge is 0.202 e. The summed E-state index contributed by atoms with van der Waals surface area (Å²) >= 11 is 0. The van der Waals surface area contributed by atoms with Crippen molar-refractivity contribution in [3.05, 3.63) is 71.4 Å². The second-order valence-corrected chi connectivity index (χ2v) is 7.82. The fourth-order valence-corrected chi connectivity index (χ4v) is 3.85. The molecule has 0 fully saturated rings. The molecule has 0 atom stereocenters. The van der Waals surface area contributed by atoms with Crippen LogP contribution < -0.4 is 5.32 Å². The first kappa shape index (κ1) is 15.8. The summed E-state index contributed by atoms with van der Waals surface area (Å²) in [6.45, 7) is 8.41. The third-order valence-corrected chi connectivity index (χ3v) is 5.45. The summed E-state index contributed by atoms with van der Waals surface area (Å²) < 4.78 is 0. The second-order valence-electron chi connectivity index (χ2n) is 7.82. The van der Waals surface area contributed by atoms with Crippen molar-refractivity contribution in [2.75, 3.05) is 5.32 Å². The van der Waals surface area contributed by atoms with Crippen LogP contribution in [0.1, 0.15) is 38.8 Å². The molecule has 2 aliphatic heterocycles. The highest BCUT2D eigenvalue weighted by atomic mass is 16.1. The third-order valence-electron chi connectivity index (χ3n) is 5.45. The fourth-order valence-electron chi connectivity index (χ4n) is 3.85. The fraction of sp³-hybridized carbons (Fsp3) is 0.273. The maximum atomic E-state index is 13.1. The van der Waals surface area contributed by atoms with Crippen molar-refractivity contribution in [3.8, 4) is 0 Å². The van der Waals surface area contributed by atoms with Crippen LogP contribution in [0, 0.1) is 0 Å². The Bertz CT molecular complexity index is 948. The second kappa shape index (κ2) is 5.16. The molecular weight excluding hydrogens is 308 g/mol. The zero-order valence-electron chi connectivity index (χ0n) is 15.1. The first-order chi connectivity index (χ1) is 11.8. The van der Waals surface area contributed by atoms with E-state index in [0.717, 1.165) is 22.6 Å². The standard InChI is InChI=1S/C22H22N2O/c1-21(2)14-9-5-7-11-16(14)23-19(21)13-18(25)20-22(3,4)15-10-6-8-12-17(15)24-20/h5-13,23H,1-4H3/b19-13+. The van der Waals surface area contributed by atoms with Gasteiger partial charge in [0.2, 0.25) is 5.78 Å². The molecule has 3 heteroatoms. The monoisotopic (exact) mass is 330 g/mol. The van der Waals surface area contributed by atoms with Crippen LogP contribution in [0.4, 0.5) is 11.4 Å². The molecule has 2 aromatic rings. The highest BCUT2D eigenvalue weighted by molar-refractivity contribution is 6.48. The summed E-state index contributed by atoms with van der Waals surface area (Å²) in [4.78, 5) is 17.7. The van der Waals surface area contributed by atoms with Gasteiger partial charge in [-0.2, -0.15) is 0 Å². The van der Waals surface area contributed by atoms with E-state index in [0.29, 0.717) is 5.71 Å². The molecule has 4 rings (SSSR count). The number of para-hydroxylation sites is 2. The molecule has 0 aliphatic carbocycles. The number of rotatable bonds is 2. The molecule has 0 aromatic heterocycles. The Hall–Kier alpha value is -2.68. The van der Waals surface area contributed by atoms with Crippen molar-refractivity contribution in [1.82, 2.24) is 0 Å². The molecule has 126 valence electrons. The molecular formula is C22H22N2O. The first-order valence-electron chi connectivity index (χ1n) is 8.63. The Morgan fingerprint density at radius 2 is 1.56 bits per heavy atom. The van der Waals surface area contributed by atoms with E-state index >= 15 is 0 Å². The van der Waals surface area contributed by atoms with E-state index < -0.39 is 0 Å². The minimum Gasteiger partial charge on any atom is -0.358 e. The summed E-state index contributed by atoms with van der Waals surface area (Å²) in [5, 5.41) is 3.41. The highest BCUT2D eigenvalue weighted by Crippen LogP contribution is 2.44. The maximum absolute atomic E-state index is 13.1. The van der Waals surface area contributed by atoms with Gasteiger partial charge in [0, 0.05) is 28.3 Å². The Labute approximate surface area is 148 Å². The van der Waals surface area contributed by atoms with Crippen LogP contribution in [0.15, 0.2) is 65.3 Å². The summed E-state index contributed by atoms with van der Waals surface area (Å²) in [6.07, 6.45) is 1.73. The summed E-state index contributed by atoms with van der Waals surface area (Å²) in [5.41, 5.74) is 5.23. The average Bonchev–Trinajstić information content (AvgIpc) is 2.99. The number of fused-ring (bicyclic) bond motifs is 2. The molecule has 0 unspecified atom stereocenters. The molecule has 3 nitrogen and oxygen atoms in total. The Morgan fingerprint density at radius 1 is 0.920 bits per heavy atom. The number of allylic oxidation sites excluding steroid dienone is 2. The van der Waals surface area contributed by atoms with Crippen LogP contribution in [0.3, 0.4) is 0 Å². The summed E-state index contributed by atoms with van der Waals surface area (Å²) in [5.74, 6) is -0.0235. The van der Waals surface area contributed by atoms with E-state index in [1.54, 1.807) is 6.08 Å². The zero-order chi connectivity index (χ0) is 17.8. The van der Waals surface area contributed by atoms with Gasteiger partial charge in [-0.1, -0.05) is 50.2 Å². The topological polar surface area (TPSA) is 41.5 Å². The molecule has 0 bridgehead atoms. The van der Waals surface area contributed by atoms with Crippen LogP contribution in [-0.4, -0.2) is 11.5 Å². The van der Waals surface area contributed by atoms with E-state index in [-0.39, 0.29) is 16.6 Å². The number of carbonyl (C=O) groups is 1. The Morgan fingerprint density at radius 3 is 2.24 bits per heavy atom. The predicted molar refractivity (Wildman–Crippen MR) is 103 cm³/mol. The van der Waals surface area contributed by atoms with Crippen LogP contribution in [0.2, 0.25) is 0 Å². The van der Waals surface area contributed by atoms with E-state index in [9.17, 15) is 4.79 Å². The minimum absolute atomic E-state index is 0.0235. The van der Waals surface area contributed by atoms with Crippen molar-refractivity contribution in [2.45, 2.75) is 38.5 Å². The summed E-state index contributed by atoms with van der Waals surface area (Å²) in [6, 6.07) is 16.2. The van der Waals surface area contributed by atoms with Gasteiger partial charge in [-0.05, 0) is 37.1 Å². The summed E-state index contributed by atoms with van der Waals surface area (Å²) in [7, 11) is 0. The van der Waals surface area contributed by atoms with Crippen molar-refractivity contribution in [2.24, 2.45) is 4.99 Å². The number of anilines is 1. The van der Waals surface area contributed by atoms with E-state index in [1.165, 1.54) is 5.56 Å². The first-order valence-corrected chi connectivity index (χ1v) is 8.63. The van der Waals surface area contributed by atoms with Crippen molar-refractivity contribution < 1.29 is 4.79 Å². The Kier molecular flexibility index (Phi) is 3.26. The molecule has 0 saturated carbocycles. The third kappa shape index (κ3) is 2.26. The number of hydrogen-bond donors (Lipinski definition) is 1. The van der Waals surface area contributed by atoms with Crippen LogP contribution >= 0.6 is 0 Å². The molecule has 2 aromatic carbocycles. The lowest BCUT2D eigenvalue weighted by Crippen LogP contribution is -2.32. The number of aliphatic imine (C=N–C) groups is 1. The molecule has 0 radical (unpaired) electrons. The highest BCUT2D eigenvalue weighted by Gasteiger charge is 2.40. The maximum Gasteiger partial charge on any atom is 0.202 e. The number of hydrogen-bond acceptors (Lipinski definition) is 3. The lowest BCUT2D eigenvalue weighted by atomic mass is 9.79. The lowest BCUT2D eigenvalue weighted by Gasteiger charge is -2.22. The van der Waals surface area contributed by atoms with Crippen LogP contribution in [0.25, 0.3) is 0 Å². The van der Waals surface area contributed by atoms with E-state index in [2.05, 4.69) is 56.2 Å². The van der Waals surface area contributed by atoms with E-state index in [4.69, 9.17) is 0 Å². The van der Waals surface area contributed by atoms with E-state index in [1.807, 2.05) is 30.3 Å². The molecule has 1 N–H and O–H groups in total. The number of ketones is 1. The molecule has 25 heavy (non-hydrogen) atoms. The molecule has 0 amide bonds. The van der Waals surface area contributed by atoms with Gasteiger partial charge >= 0.3 is 0 Å². The van der Waals surface area contributed by atoms with Gasteiger partial charge in [0.15, 0.2) is 0 Å². The number of nitrogens with one attached hydrogen (secondary N) is 1. The van der Waals surface area contributed by atoms with Gasteiger partial charge < -0.3 is 5.32 Å². The van der Waals surface area contributed by atoms with Crippen LogP contribution in [-0.2, 0) is 15.6 Å². The Balaban J connectivity index is 1.72. The van der Waals surface area contributed by atoms with Crippen molar-refractivity contribution >= 4 is 22.9 Å². The number of benzene rings is 2. The molecule has 0 saturated heterocycles. The van der Waals surface area contributed by atoms with Gasteiger partial charge in [0.25, 0.3) is 0 Å². The largest absolute Gasteiger partial charge is 0.358 e. The quantitative estimate of drug-likeness (QED) is 0.795. The lowest BCUT2D eigenvalue weighted by molar-refractivity contribution is -0.109. The minimum atomic E-state index is -0.375. The van der Waals surface area contributed by atoms with Gasteiger partial charge in [0.05, 0.1) is 11.4 Å². The SMILES string of the molecule is CC1(C)C(C(=O)/C=C2/Nc3ccccc3C2(C)C)=Nc2ccccc21. The van der Waals surface area contributed by atoms with Gasteiger partial charge in [-0.25, -0.2) is 4.99 Å². The number of nitrogens with zero attached hydrogens (tertiary/aromatic N) is 1. The van der Waals surface area contributed by atoms with Crippen LogP contribution in [0.5, 0.6) is 0 Å². The average molecular weight is 330 g/mol. The normalized spacial score (nSPS) is 20.6. The van der Waals surface area contributed by atoms with Crippen molar-refractivity contribution in [1.29, 1.82) is 0 Å². The zero-order valence-corrected chi connectivity index (χ0v) is 15.1. The number of carbonyl (C=O) groups excluding carboxylic acids is 1. The molecule has 2 heterocycles.